The van der Waals surface area contributed by atoms with Gasteiger partial charge in [0, 0.05) is 36.7 Å². The van der Waals surface area contributed by atoms with Crippen LogP contribution >= 0.6 is 0 Å². The van der Waals surface area contributed by atoms with Gasteiger partial charge in [-0.2, -0.15) is 13.2 Å². The highest BCUT2D eigenvalue weighted by atomic mass is 19.4. The van der Waals surface area contributed by atoms with Crippen molar-refractivity contribution in [3.63, 3.8) is 0 Å². The Balaban J connectivity index is 1.56. The van der Waals surface area contributed by atoms with Crippen molar-refractivity contribution in [1.82, 2.24) is 14.9 Å². The largest absolute Gasteiger partial charge is 0.416 e. The molecule has 1 saturated heterocycles. The minimum absolute atomic E-state index is 0.0451. The number of nitrogens with zero attached hydrogens (tertiary/aromatic N) is 3. The Kier molecular flexibility index (Phi) is 5.98. The number of benzene rings is 1. The van der Waals surface area contributed by atoms with E-state index in [0.717, 1.165) is 23.4 Å². The zero-order valence-electron chi connectivity index (χ0n) is 18.0. The van der Waals surface area contributed by atoms with Gasteiger partial charge in [0.05, 0.1) is 30.5 Å². The third-order valence-corrected chi connectivity index (χ3v) is 5.93. The summed E-state index contributed by atoms with van der Waals surface area (Å²) in [4.78, 5) is 23.8. The summed E-state index contributed by atoms with van der Waals surface area (Å²) in [7, 11) is 0. The van der Waals surface area contributed by atoms with Gasteiger partial charge in [0.1, 0.15) is 11.6 Å². The molecule has 0 saturated carbocycles. The molecule has 1 unspecified atom stereocenters. The van der Waals surface area contributed by atoms with Crippen molar-refractivity contribution in [2.45, 2.75) is 38.9 Å². The molecule has 4 rings (SSSR count). The predicted octanol–water partition coefficient (Wildman–Crippen LogP) is 3.13. The first-order valence-corrected chi connectivity index (χ1v) is 10.6. The van der Waals surface area contributed by atoms with Crippen molar-refractivity contribution < 1.29 is 22.7 Å². The summed E-state index contributed by atoms with van der Waals surface area (Å²) in [6.07, 6.45) is -3.47. The van der Waals surface area contributed by atoms with Crippen molar-refractivity contribution in [3.05, 3.63) is 46.4 Å². The lowest BCUT2D eigenvalue weighted by Gasteiger charge is -2.29. The van der Waals surface area contributed by atoms with Crippen LogP contribution < -0.4 is 11.1 Å². The highest BCUT2D eigenvalue weighted by molar-refractivity contribution is 5.81. The number of aromatic nitrogens is 2. The molecule has 0 spiro atoms. The lowest BCUT2D eigenvalue weighted by Crippen LogP contribution is -2.44. The van der Waals surface area contributed by atoms with Crippen molar-refractivity contribution in [2.75, 3.05) is 37.4 Å². The molecule has 1 aromatic heterocycles. The molecular weight excluding hydrogens is 423 g/mol. The summed E-state index contributed by atoms with van der Waals surface area (Å²) >= 11 is 0. The van der Waals surface area contributed by atoms with Gasteiger partial charge in [0.2, 0.25) is 5.91 Å². The topological polar surface area (TPSA) is 93.4 Å². The van der Waals surface area contributed by atoms with Gasteiger partial charge in [-0.1, -0.05) is 0 Å². The number of carbonyl (C=O) groups excluding carboxylic acids is 1. The van der Waals surface area contributed by atoms with E-state index < -0.39 is 17.8 Å². The Morgan fingerprint density at radius 2 is 1.94 bits per heavy atom. The number of carbonyl (C=O) groups is 1. The van der Waals surface area contributed by atoms with Gasteiger partial charge in [0.25, 0.3) is 0 Å². The van der Waals surface area contributed by atoms with Crippen LogP contribution in [0.3, 0.4) is 0 Å². The van der Waals surface area contributed by atoms with E-state index in [1.54, 1.807) is 13.8 Å². The molecule has 2 heterocycles. The number of hydrogen-bond acceptors (Lipinski definition) is 6. The molecule has 2 atom stereocenters. The van der Waals surface area contributed by atoms with E-state index in [9.17, 15) is 18.0 Å². The fraction of sp³-hybridized carbons (Fsp3) is 0.500. The second kappa shape index (κ2) is 8.57. The van der Waals surface area contributed by atoms with Crippen LogP contribution in [0.1, 0.15) is 41.2 Å². The first-order chi connectivity index (χ1) is 15.1. The second-order valence-electron chi connectivity index (χ2n) is 8.34. The Morgan fingerprint density at radius 3 is 2.62 bits per heavy atom. The molecule has 3 N–H and O–H groups in total. The number of nitrogens with two attached hydrogens (primary N) is 1. The first kappa shape index (κ1) is 22.3. The van der Waals surface area contributed by atoms with Crippen LogP contribution in [0.15, 0.2) is 18.2 Å². The van der Waals surface area contributed by atoms with Gasteiger partial charge < -0.3 is 20.7 Å². The molecule has 7 nitrogen and oxygen atoms in total. The number of alkyl halides is 3. The molecule has 1 amide bonds. The van der Waals surface area contributed by atoms with E-state index in [4.69, 9.17) is 10.5 Å². The van der Waals surface area contributed by atoms with Crippen LogP contribution in [0.25, 0.3) is 0 Å². The number of hydrogen-bond donors (Lipinski definition) is 2. The number of anilines is 2. The number of rotatable bonds is 4. The highest BCUT2D eigenvalue weighted by Crippen LogP contribution is 2.35. The van der Waals surface area contributed by atoms with Crippen LogP contribution in [-0.4, -0.2) is 47.1 Å². The van der Waals surface area contributed by atoms with E-state index in [-0.39, 0.29) is 17.5 Å². The minimum atomic E-state index is -4.48. The van der Waals surface area contributed by atoms with E-state index in [0.29, 0.717) is 56.4 Å². The normalized spacial score (nSPS) is 19.5. The third kappa shape index (κ3) is 4.64. The molecule has 1 aliphatic heterocycles. The van der Waals surface area contributed by atoms with Crippen LogP contribution in [0.4, 0.5) is 24.7 Å². The Labute approximate surface area is 184 Å². The number of amides is 1. The molecular formula is C22H26F3N5O2. The molecule has 1 fully saturated rings. The molecule has 2 aliphatic rings. The number of morpholine rings is 1. The van der Waals surface area contributed by atoms with Crippen molar-refractivity contribution in [3.8, 4) is 0 Å². The number of aryl methyl sites for hydroxylation is 1. The molecule has 32 heavy (non-hydrogen) atoms. The molecule has 0 radical (unpaired) electrons. The molecule has 1 aromatic carbocycles. The van der Waals surface area contributed by atoms with E-state index >= 15 is 0 Å². The molecule has 10 heteroatoms. The highest BCUT2D eigenvalue weighted by Gasteiger charge is 2.35. The number of ether oxygens (including phenoxy) is 1. The maximum atomic E-state index is 13.2. The fourth-order valence-electron chi connectivity index (χ4n) is 4.30. The van der Waals surface area contributed by atoms with Crippen molar-refractivity contribution >= 4 is 17.4 Å². The predicted molar refractivity (Wildman–Crippen MR) is 113 cm³/mol. The molecule has 0 bridgehead atoms. The van der Waals surface area contributed by atoms with Gasteiger partial charge in [-0.15, -0.1) is 0 Å². The summed E-state index contributed by atoms with van der Waals surface area (Å²) in [5.41, 5.74) is 7.03. The number of nitrogens with one attached hydrogen (secondary N) is 1. The molecule has 172 valence electrons. The second-order valence-corrected chi connectivity index (χ2v) is 8.34. The smallest absolute Gasteiger partial charge is 0.399 e. The summed E-state index contributed by atoms with van der Waals surface area (Å²) in [6, 6.07) is 3.05. The quantitative estimate of drug-likeness (QED) is 0.697. The monoisotopic (exact) mass is 449 g/mol. The van der Waals surface area contributed by atoms with Crippen molar-refractivity contribution in [1.29, 1.82) is 0 Å². The zero-order valence-corrected chi connectivity index (χ0v) is 18.0. The molecule has 2 aromatic rings. The number of fused-ring (bicyclic) bond motifs is 1. The van der Waals surface area contributed by atoms with E-state index in [1.165, 1.54) is 6.07 Å². The maximum Gasteiger partial charge on any atom is 0.416 e. The average Bonchev–Trinajstić information content (AvgIpc) is 3.17. The van der Waals surface area contributed by atoms with E-state index in [1.807, 2.05) is 4.90 Å². The average molecular weight is 449 g/mol. The SMILES string of the molecule is Cc1nc2c(c(N[C@H](C)c3cc(N)cc(C(F)(F)F)c3)n1)CC(C(=O)N1CCOCC1)C2. The Morgan fingerprint density at radius 1 is 1.22 bits per heavy atom. The van der Waals surface area contributed by atoms with Crippen molar-refractivity contribution in [2.24, 2.45) is 5.92 Å². The Hall–Kier alpha value is -2.88. The first-order valence-electron chi connectivity index (χ1n) is 10.6. The van der Waals surface area contributed by atoms with Gasteiger partial charge in [-0.3, -0.25) is 4.79 Å². The third-order valence-electron chi connectivity index (χ3n) is 5.93. The number of nitrogen functional groups attached to an aromatic ring is 1. The fourth-order valence-corrected chi connectivity index (χ4v) is 4.30. The van der Waals surface area contributed by atoms with Gasteiger partial charge >= 0.3 is 6.18 Å². The van der Waals surface area contributed by atoms with Gasteiger partial charge in [0.15, 0.2) is 0 Å². The Bertz CT molecular complexity index is 1020. The summed E-state index contributed by atoms with van der Waals surface area (Å²) in [5.74, 6) is 0.947. The minimum Gasteiger partial charge on any atom is -0.399 e. The van der Waals surface area contributed by atoms with Crippen LogP contribution in [0, 0.1) is 12.8 Å². The van der Waals surface area contributed by atoms with E-state index in [2.05, 4.69) is 15.3 Å². The standard InChI is InChI=1S/C22H26F3N5O2/c1-12(14-7-16(22(23,24)25)11-17(26)8-14)27-20-18-9-15(10-19(18)28-13(2)29-20)21(31)30-3-5-32-6-4-30/h7-8,11-12,15H,3-6,9-10,26H2,1-2H3,(H,27,28,29)/t12-,15?/m1/s1. The zero-order chi connectivity index (χ0) is 23.0. The van der Waals surface area contributed by atoms with Crippen LogP contribution in [-0.2, 0) is 28.5 Å². The lowest BCUT2D eigenvalue weighted by molar-refractivity contribution is -0.139. The molecule has 1 aliphatic carbocycles. The summed E-state index contributed by atoms with van der Waals surface area (Å²) in [6.45, 7) is 5.74. The summed E-state index contributed by atoms with van der Waals surface area (Å²) in [5, 5.41) is 3.23. The van der Waals surface area contributed by atoms with Crippen LogP contribution in [0.5, 0.6) is 0 Å². The summed E-state index contributed by atoms with van der Waals surface area (Å²) < 4.78 is 44.9. The lowest BCUT2D eigenvalue weighted by atomic mass is 10.0. The number of halogens is 3. The maximum absolute atomic E-state index is 13.2. The van der Waals surface area contributed by atoms with Gasteiger partial charge in [-0.25, -0.2) is 9.97 Å². The van der Waals surface area contributed by atoms with Gasteiger partial charge in [-0.05, 0) is 44.0 Å². The van der Waals surface area contributed by atoms with Crippen LogP contribution in [0.2, 0.25) is 0 Å².